The molecule has 170 valence electrons. The number of nitro benzene ring substituents is 1. The van der Waals surface area contributed by atoms with E-state index < -0.39 is 4.92 Å². The summed E-state index contributed by atoms with van der Waals surface area (Å²) >= 11 is 7.43. The number of nitrogens with zero attached hydrogens (tertiary/aromatic N) is 3. The Morgan fingerprint density at radius 1 is 1.15 bits per heavy atom. The van der Waals surface area contributed by atoms with Gasteiger partial charge in [0, 0.05) is 22.0 Å². The standard InChI is InChI=1S/C24H17ClN4O4S/c25-17-8-5-15(6-9-17)12-28-21(16-7-10-22-19(11-16)26-23(30)13-33-22)14-34-24(28)27-18-3-1-2-4-20(18)29(31)32/h1-11,14H,12-13H2,(H,26,30). The molecule has 8 nitrogen and oxygen atoms in total. The number of carbonyl (C=O) groups is 1. The quantitative estimate of drug-likeness (QED) is 0.298. The Balaban J connectivity index is 1.65. The smallest absolute Gasteiger partial charge is 0.294 e. The average Bonchev–Trinajstić information content (AvgIpc) is 3.22. The Morgan fingerprint density at radius 3 is 2.74 bits per heavy atom. The van der Waals surface area contributed by atoms with Gasteiger partial charge in [-0.1, -0.05) is 35.9 Å². The number of halogens is 1. The van der Waals surface area contributed by atoms with Gasteiger partial charge in [-0.15, -0.1) is 11.3 Å². The molecular formula is C24H17ClN4O4S. The Morgan fingerprint density at radius 2 is 1.94 bits per heavy atom. The molecule has 0 spiro atoms. The molecule has 0 radical (unpaired) electrons. The van der Waals surface area contributed by atoms with Crippen LogP contribution in [0, 0.1) is 10.1 Å². The molecule has 5 rings (SSSR count). The Kier molecular flexibility index (Phi) is 5.87. The molecule has 1 aliphatic heterocycles. The van der Waals surface area contributed by atoms with Crippen molar-refractivity contribution < 1.29 is 14.5 Å². The van der Waals surface area contributed by atoms with Gasteiger partial charge in [0.1, 0.15) is 11.4 Å². The number of hydrogen-bond acceptors (Lipinski definition) is 6. The van der Waals surface area contributed by atoms with E-state index in [0.29, 0.717) is 27.8 Å². The number of ether oxygens (including phenoxy) is 1. The maximum atomic E-state index is 11.8. The van der Waals surface area contributed by atoms with E-state index >= 15 is 0 Å². The molecule has 1 aliphatic rings. The van der Waals surface area contributed by atoms with Gasteiger partial charge in [-0.2, -0.15) is 0 Å². The summed E-state index contributed by atoms with van der Waals surface area (Å²) in [5, 5.41) is 16.9. The van der Waals surface area contributed by atoms with Crippen LogP contribution in [0.1, 0.15) is 5.56 Å². The van der Waals surface area contributed by atoms with Crippen LogP contribution in [0.25, 0.3) is 11.3 Å². The SMILES string of the molecule is O=C1COc2ccc(-c3csc(=Nc4ccccc4[N+](=O)[O-])n3Cc3ccc(Cl)cc3)cc2N1. The average molecular weight is 493 g/mol. The molecule has 0 fully saturated rings. The number of thiazole rings is 1. The number of para-hydroxylation sites is 2. The van der Waals surface area contributed by atoms with E-state index in [1.807, 2.05) is 52.4 Å². The number of rotatable bonds is 5. The van der Waals surface area contributed by atoms with Gasteiger partial charge in [-0.05, 0) is 42.0 Å². The van der Waals surface area contributed by atoms with Gasteiger partial charge in [-0.25, -0.2) is 4.99 Å². The van der Waals surface area contributed by atoms with Crippen LogP contribution in [-0.4, -0.2) is 22.0 Å². The first kappa shape index (κ1) is 21.9. The van der Waals surface area contributed by atoms with Crippen LogP contribution < -0.4 is 14.9 Å². The summed E-state index contributed by atoms with van der Waals surface area (Å²) in [6.45, 7) is 0.454. The molecule has 10 heteroatoms. The third kappa shape index (κ3) is 4.43. The van der Waals surface area contributed by atoms with Crippen molar-refractivity contribution in [3.63, 3.8) is 0 Å². The maximum absolute atomic E-state index is 11.8. The number of carbonyl (C=O) groups excluding carboxylic acids is 1. The van der Waals surface area contributed by atoms with E-state index in [9.17, 15) is 14.9 Å². The van der Waals surface area contributed by atoms with E-state index in [0.717, 1.165) is 16.8 Å². The third-order valence-electron chi connectivity index (χ3n) is 5.25. The van der Waals surface area contributed by atoms with E-state index in [1.54, 1.807) is 18.2 Å². The largest absolute Gasteiger partial charge is 0.482 e. The molecule has 2 heterocycles. The Hall–Kier alpha value is -3.95. The Bertz CT molecular complexity index is 1480. The number of fused-ring (bicyclic) bond motifs is 1. The summed E-state index contributed by atoms with van der Waals surface area (Å²) in [5.41, 5.74) is 3.48. The van der Waals surface area contributed by atoms with Gasteiger partial charge >= 0.3 is 0 Å². The molecule has 0 unspecified atom stereocenters. The summed E-state index contributed by atoms with van der Waals surface area (Å²) in [4.78, 5) is 28.1. The molecule has 1 amide bonds. The molecule has 0 saturated carbocycles. The fourth-order valence-electron chi connectivity index (χ4n) is 3.63. The zero-order valence-corrected chi connectivity index (χ0v) is 19.2. The summed E-state index contributed by atoms with van der Waals surface area (Å²) in [7, 11) is 0. The number of nitrogens with one attached hydrogen (secondary N) is 1. The zero-order valence-electron chi connectivity index (χ0n) is 17.6. The first-order valence-electron chi connectivity index (χ1n) is 10.3. The van der Waals surface area contributed by atoms with Crippen molar-refractivity contribution in [3.05, 3.63) is 97.6 Å². The van der Waals surface area contributed by atoms with Crippen LogP contribution >= 0.6 is 22.9 Å². The van der Waals surface area contributed by atoms with Gasteiger partial charge in [0.2, 0.25) is 0 Å². The first-order chi connectivity index (χ1) is 16.5. The molecule has 34 heavy (non-hydrogen) atoms. The minimum Gasteiger partial charge on any atom is -0.482 e. The minimum absolute atomic E-state index is 0.0136. The molecule has 1 aromatic heterocycles. The highest BCUT2D eigenvalue weighted by Crippen LogP contribution is 2.33. The monoisotopic (exact) mass is 492 g/mol. The molecule has 0 saturated heterocycles. The lowest BCUT2D eigenvalue weighted by atomic mass is 10.1. The number of hydrogen-bond donors (Lipinski definition) is 1. The fraction of sp³-hybridized carbons (Fsp3) is 0.0833. The number of amides is 1. The van der Waals surface area contributed by atoms with Crippen molar-refractivity contribution in [2.45, 2.75) is 6.54 Å². The number of anilines is 1. The number of benzene rings is 3. The maximum Gasteiger partial charge on any atom is 0.294 e. The number of aromatic nitrogens is 1. The highest BCUT2D eigenvalue weighted by molar-refractivity contribution is 7.07. The first-order valence-corrected chi connectivity index (χ1v) is 11.5. The molecular weight excluding hydrogens is 476 g/mol. The molecule has 0 aliphatic carbocycles. The normalized spacial score (nSPS) is 13.2. The second-order valence-corrected chi connectivity index (χ2v) is 8.79. The molecule has 0 atom stereocenters. The second-order valence-electron chi connectivity index (χ2n) is 7.52. The summed E-state index contributed by atoms with van der Waals surface area (Å²) in [6, 6.07) is 19.4. The van der Waals surface area contributed by atoms with Gasteiger partial charge in [-0.3, -0.25) is 14.9 Å². The van der Waals surface area contributed by atoms with Crippen LogP contribution in [0.5, 0.6) is 5.75 Å². The Labute approximate surface area is 202 Å². The highest BCUT2D eigenvalue weighted by atomic mass is 35.5. The van der Waals surface area contributed by atoms with Crippen molar-refractivity contribution in [1.29, 1.82) is 0 Å². The van der Waals surface area contributed by atoms with E-state index in [1.165, 1.54) is 17.4 Å². The number of nitro groups is 1. The van der Waals surface area contributed by atoms with Crippen molar-refractivity contribution in [2.24, 2.45) is 4.99 Å². The predicted octanol–water partition coefficient (Wildman–Crippen LogP) is 5.39. The topological polar surface area (TPSA) is 98.8 Å². The third-order valence-corrected chi connectivity index (χ3v) is 6.37. The van der Waals surface area contributed by atoms with E-state index in [-0.39, 0.29) is 23.9 Å². The van der Waals surface area contributed by atoms with Crippen molar-refractivity contribution in [3.8, 4) is 17.0 Å². The summed E-state index contributed by atoms with van der Waals surface area (Å²) < 4.78 is 7.46. The lowest BCUT2D eigenvalue weighted by Crippen LogP contribution is -2.25. The van der Waals surface area contributed by atoms with Gasteiger partial charge < -0.3 is 14.6 Å². The van der Waals surface area contributed by atoms with Crippen LogP contribution in [-0.2, 0) is 11.3 Å². The van der Waals surface area contributed by atoms with Gasteiger partial charge in [0.15, 0.2) is 11.4 Å². The minimum atomic E-state index is -0.441. The van der Waals surface area contributed by atoms with Crippen LogP contribution in [0.15, 0.2) is 77.1 Å². The predicted molar refractivity (Wildman–Crippen MR) is 131 cm³/mol. The highest BCUT2D eigenvalue weighted by Gasteiger charge is 2.18. The molecule has 3 aromatic carbocycles. The van der Waals surface area contributed by atoms with Crippen LogP contribution in [0.2, 0.25) is 5.02 Å². The van der Waals surface area contributed by atoms with E-state index in [2.05, 4.69) is 10.3 Å². The fourth-order valence-corrected chi connectivity index (χ4v) is 4.68. The van der Waals surface area contributed by atoms with Crippen molar-refractivity contribution >= 4 is 45.9 Å². The summed E-state index contributed by atoms with van der Waals surface area (Å²) in [6.07, 6.45) is 0. The summed E-state index contributed by atoms with van der Waals surface area (Å²) in [5.74, 6) is 0.392. The second kappa shape index (κ2) is 9.12. The molecule has 0 bridgehead atoms. The van der Waals surface area contributed by atoms with Gasteiger partial charge in [0.25, 0.3) is 11.6 Å². The van der Waals surface area contributed by atoms with Gasteiger partial charge in [0.05, 0.1) is 22.8 Å². The van der Waals surface area contributed by atoms with Crippen LogP contribution in [0.3, 0.4) is 0 Å². The van der Waals surface area contributed by atoms with E-state index in [4.69, 9.17) is 16.3 Å². The zero-order chi connectivity index (χ0) is 23.7. The van der Waals surface area contributed by atoms with Crippen molar-refractivity contribution in [2.75, 3.05) is 11.9 Å². The molecule has 4 aromatic rings. The van der Waals surface area contributed by atoms with Crippen LogP contribution in [0.4, 0.5) is 17.1 Å². The van der Waals surface area contributed by atoms with Crippen molar-refractivity contribution in [1.82, 2.24) is 4.57 Å². The molecule has 1 N–H and O–H groups in total. The lowest BCUT2D eigenvalue weighted by Gasteiger charge is -2.19. The lowest BCUT2D eigenvalue weighted by molar-refractivity contribution is -0.384.